The molecular weight excluding hydrogens is 224 g/mol. The van der Waals surface area contributed by atoms with Crippen LogP contribution in [0.3, 0.4) is 0 Å². The summed E-state index contributed by atoms with van der Waals surface area (Å²) in [5.74, 6) is 0.847. The summed E-state index contributed by atoms with van der Waals surface area (Å²) in [5.41, 5.74) is -0.437. The lowest BCUT2D eigenvalue weighted by Crippen LogP contribution is -2.42. The third-order valence-corrected chi connectivity index (χ3v) is 4.08. The molecule has 0 aromatic rings. The minimum atomic E-state index is -0.437. The molecule has 18 heavy (non-hydrogen) atoms. The standard InChI is InChI=1S/C15H28N2O/c1-4-13-7-6-8-14(11-13)18-10-9-15(3,12-16)17-5-2/h13-14,17H,4-11H2,1-3H3. The van der Waals surface area contributed by atoms with Crippen LogP contribution in [-0.2, 0) is 4.74 Å². The fraction of sp³-hybridized carbons (Fsp3) is 0.933. The van der Waals surface area contributed by atoms with Gasteiger partial charge in [0.1, 0.15) is 5.54 Å². The zero-order chi connectivity index (χ0) is 13.4. The molecule has 1 fully saturated rings. The Kier molecular flexibility index (Phi) is 6.67. The van der Waals surface area contributed by atoms with Gasteiger partial charge < -0.3 is 4.74 Å². The van der Waals surface area contributed by atoms with Crippen LogP contribution in [0.4, 0.5) is 0 Å². The van der Waals surface area contributed by atoms with Crippen molar-refractivity contribution in [1.29, 1.82) is 5.26 Å². The first-order valence-corrected chi connectivity index (χ1v) is 7.41. The molecule has 3 heteroatoms. The Morgan fingerprint density at radius 3 is 2.78 bits per heavy atom. The summed E-state index contributed by atoms with van der Waals surface area (Å²) in [6, 6.07) is 2.35. The number of nitrogens with one attached hydrogen (secondary N) is 1. The molecule has 1 N–H and O–H groups in total. The van der Waals surface area contributed by atoms with Crippen molar-refractivity contribution < 1.29 is 4.74 Å². The van der Waals surface area contributed by atoms with E-state index >= 15 is 0 Å². The Morgan fingerprint density at radius 2 is 2.17 bits per heavy atom. The molecule has 0 amide bonds. The van der Waals surface area contributed by atoms with Gasteiger partial charge in [0.25, 0.3) is 0 Å². The minimum absolute atomic E-state index is 0.424. The molecule has 0 radical (unpaired) electrons. The average Bonchev–Trinajstić information content (AvgIpc) is 2.39. The molecule has 0 aromatic carbocycles. The van der Waals surface area contributed by atoms with E-state index in [2.05, 4.69) is 18.3 Å². The number of rotatable bonds is 7. The molecular formula is C15H28N2O. The number of hydrogen-bond donors (Lipinski definition) is 1. The van der Waals surface area contributed by atoms with Crippen LogP contribution in [0.2, 0.25) is 0 Å². The van der Waals surface area contributed by atoms with E-state index in [1.165, 1.54) is 32.1 Å². The molecule has 1 saturated carbocycles. The number of ether oxygens (including phenoxy) is 1. The van der Waals surface area contributed by atoms with E-state index in [1.807, 2.05) is 13.8 Å². The van der Waals surface area contributed by atoms with Gasteiger partial charge >= 0.3 is 0 Å². The minimum Gasteiger partial charge on any atom is -0.378 e. The summed E-state index contributed by atoms with van der Waals surface area (Å²) in [6.45, 7) is 7.77. The summed E-state index contributed by atoms with van der Waals surface area (Å²) in [7, 11) is 0. The van der Waals surface area contributed by atoms with Crippen molar-refractivity contribution >= 4 is 0 Å². The normalized spacial score (nSPS) is 27.4. The van der Waals surface area contributed by atoms with Crippen LogP contribution in [0.25, 0.3) is 0 Å². The molecule has 3 unspecified atom stereocenters. The lowest BCUT2D eigenvalue weighted by molar-refractivity contribution is 0.00611. The number of nitriles is 1. The van der Waals surface area contributed by atoms with Crippen LogP contribution in [0, 0.1) is 17.2 Å². The first-order valence-electron chi connectivity index (χ1n) is 7.41. The molecule has 0 spiro atoms. The number of hydrogen-bond acceptors (Lipinski definition) is 3. The van der Waals surface area contributed by atoms with Gasteiger partial charge in [-0.3, -0.25) is 5.32 Å². The quantitative estimate of drug-likeness (QED) is 0.756. The topological polar surface area (TPSA) is 45.0 Å². The van der Waals surface area contributed by atoms with Gasteiger partial charge in [-0.2, -0.15) is 5.26 Å². The zero-order valence-corrected chi connectivity index (χ0v) is 12.2. The molecule has 0 bridgehead atoms. The lowest BCUT2D eigenvalue weighted by atomic mass is 9.85. The van der Waals surface area contributed by atoms with Crippen LogP contribution in [-0.4, -0.2) is 24.8 Å². The van der Waals surface area contributed by atoms with E-state index in [9.17, 15) is 0 Å². The Labute approximate surface area is 112 Å². The van der Waals surface area contributed by atoms with Crippen LogP contribution in [0.1, 0.15) is 59.3 Å². The Morgan fingerprint density at radius 1 is 1.39 bits per heavy atom. The van der Waals surface area contributed by atoms with E-state index in [0.717, 1.165) is 18.9 Å². The first kappa shape index (κ1) is 15.5. The molecule has 3 nitrogen and oxygen atoms in total. The van der Waals surface area contributed by atoms with Crippen LogP contribution in [0.15, 0.2) is 0 Å². The van der Waals surface area contributed by atoms with E-state index < -0.39 is 5.54 Å². The van der Waals surface area contributed by atoms with E-state index in [0.29, 0.717) is 12.7 Å². The van der Waals surface area contributed by atoms with Gasteiger partial charge in [-0.05, 0) is 32.2 Å². The number of nitrogens with zero attached hydrogens (tertiary/aromatic N) is 1. The largest absolute Gasteiger partial charge is 0.378 e. The van der Waals surface area contributed by atoms with Crippen LogP contribution >= 0.6 is 0 Å². The first-order chi connectivity index (χ1) is 8.63. The molecule has 104 valence electrons. The Balaban J connectivity index is 2.26. The van der Waals surface area contributed by atoms with Crippen molar-refractivity contribution in [2.45, 2.75) is 70.9 Å². The summed E-state index contributed by atoms with van der Waals surface area (Å²) in [5, 5.41) is 12.4. The van der Waals surface area contributed by atoms with E-state index in [-0.39, 0.29) is 0 Å². The van der Waals surface area contributed by atoms with Gasteiger partial charge in [-0.15, -0.1) is 0 Å². The Hall–Kier alpha value is -0.590. The average molecular weight is 252 g/mol. The van der Waals surface area contributed by atoms with Gasteiger partial charge in [0.2, 0.25) is 0 Å². The van der Waals surface area contributed by atoms with Crippen LogP contribution in [0.5, 0.6) is 0 Å². The van der Waals surface area contributed by atoms with E-state index in [4.69, 9.17) is 10.00 Å². The maximum atomic E-state index is 9.17. The molecule has 0 aromatic heterocycles. The second kappa shape index (κ2) is 7.76. The van der Waals surface area contributed by atoms with Crippen molar-refractivity contribution in [3.8, 4) is 6.07 Å². The SMILES string of the molecule is CCNC(C)(C#N)CCOC1CCCC(CC)C1. The molecule has 0 saturated heterocycles. The smallest absolute Gasteiger partial charge is 0.106 e. The summed E-state index contributed by atoms with van der Waals surface area (Å²) >= 11 is 0. The van der Waals surface area contributed by atoms with Gasteiger partial charge in [0.05, 0.1) is 12.2 Å². The monoisotopic (exact) mass is 252 g/mol. The highest BCUT2D eigenvalue weighted by Crippen LogP contribution is 2.28. The molecule has 0 aliphatic heterocycles. The van der Waals surface area contributed by atoms with Crippen LogP contribution < -0.4 is 5.32 Å². The molecule has 1 aliphatic carbocycles. The molecule has 1 rings (SSSR count). The van der Waals surface area contributed by atoms with Crippen molar-refractivity contribution in [2.75, 3.05) is 13.2 Å². The highest BCUT2D eigenvalue weighted by molar-refractivity contribution is 5.03. The van der Waals surface area contributed by atoms with Gasteiger partial charge in [-0.1, -0.05) is 33.1 Å². The summed E-state index contributed by atoms with van der Waals surface area (Å²) in [4.78, 5) is 0. The lowest BCUT2D eigenvalue weighted by Gasteiger charge is -2.30. The fourth-order valence-corrected chi connectivity index (χ4v) is 2.77. The molecule has 1 aliphatic rings. The second-order valence-corrected chi connectivity index (χ2v) is 5.66. The fourth-order valence-electron chi connectivity index (χ4n) is 2.77. The zero-order valence-electron chi connectivity index (χ0n) is 12.2. The maximum absolute atomic E-state index is 9.17. The highest BCUT2D eigenvalue weighted by atomic mass is 16.5. The van der Waals surface area contributed by atoms with Gasteiger partial charge in [0, 0.05) is 13.0 Å². The Bertz CT molecular complexity index is 274. The van der Waals surface area contributed by atoms with Crippen molar-refractivity contribution in [3.63, 3.8) is 0 Å². The van der Waals surface area contributed by atoms with E-state index in [1.54, 1.807) is 0 Å². The van der Waals surface area contributed by atoms with Crippen molar-refractivity contribution in [3.05, 3.63) is 0 Å². The predicted octanol–water partition coefficient (Wildman–Crippen LogP) is 3.25. The van der Waals surface area contributed by atoms with Gasteiger partial charge in [0.15, 0.2) is 0 Å². The van der Waals surface area contributed by atoms with Crippen molar-refractivity contribution in [1.82, 2.24) is 5.32 Å². The van der Waals surface area contributed by atoms with Gasteiger partial charge in [-0.25, -0.2) is 0 Å². The summed E-state index contributed by atoms with van der Waals surface area (Å²) in [6.07, 6.45) is 7.53. The summed E-state index contributed by atoms with van der Waals surface area (Å²) < 4.78 is 5.97. The maximum Gasteiger partial charge on any atom is 0.106 e. The van der Waals surface area contributed by atoms with Crippen molar-refractivity contribution in [2.24, 2.45) is 5.92 Å². The molecule has 3 atom stereocenters. The highest BCUT2D eigenvalue weighted by Gasteiger charge is 2.24. The second-order valence-electron chi connectivity index (χ2n) is 5.66. The predicted molar refractivity (Wildman–Crippen MR) is 74.3 cm³/mol. The molecule has 0 heterocycles. The third-order valence-electron chi connectivity index (χ3n) is 4.08. The third kappa shape index (κ3) is 4.96.